The molecule has 2 bridgehead atoms. The molecule has 3 aliphatic rings. The smallest absolute Gasteiger partial charge is 0.253 e. The van der Waals surface area contributed by atoms with Crippen LogP contribution in [0.3, 0.4) is 0 Å². The van der Waals surface area contributed by atoms with Crippen LogP contribution in [-0.4, -0.2) is 95.7 Å². The minimum atomic E-state index is -1.28. The lowest BCUT2D eigenvalue weighted by Gasteiger charge is -2.39. The number of amides is 3. The predicted octanol–water partition coefficient (Wildman–Crippen LogP) is 5.19. The molecule has 1 spiro atoms. The Hall–Kier alpha value is -3.67. The van der Waals surface area contributed by atoms with E-state index < -0.39 is 35.6 Å². The number of anilines is 3. The summed E-state index contributed by atoms with van der Waals surface area (Å²) in [5.41, 5.74) is 1.06. The van der Waals surface area contributed by atoms with Gasteiger partial charge in [-0.15, -0.1) is 13.2 Å². The molecule has 5 rings (SSSR count). The van der Waals surface area contributed by atoms with Crippen molar-refractivity contribution in [2.45, 2.75) is 69.2 Å². The Morgan fingerprint density at radius 3 is 2.04 bits per heavy atom. The number of carbonyl (C=O) groups is 3. The summed E-state index contributed by atoms with van der Waals surface area (Å²) in [6, 6.07) is 13.3. The second-order valence-corrected chi connectivity index (χ2v) is 13.9. The zero-order valence-corrected chi connectivity index (χ0v) is 30.5. The van der Waals surface area contributed by atoms with Gasteiger partial charge in [0, 0.05) is 48.1 Å². The van der Waals surface area contributed by atoms with Gasteiger partial charge in [0.15, 0.2) is 0 Å². The first-order valence-corrected chi connectivity index (χ1v) is 18.2. The number of carbonyl (C=O) groups excluding carboxylic acids is 3. The fourth-order valence-electron chi connectivity index (χ4n) is 7.99. The molecule has 1 N–H and O–H groups in total. The molecule has 7 atom stereocenters. The quantitative estimate of drug-likeness (QED) is 0.187. The monoisotopic (exact) mass is 736 g/mol. The van der Waals surface area contributed by atoms with E-state index in [9.17, 15) is 19.5 Å². The molecular weight excluding hydrogens is 688 g/mol. The highest BCUT2D eigenvalue weighted by molar-refractivity contribution is 9.09. The first-order valence-electron chi connectivity index (χ1n) is 17.3. The van der Waals surface area contributed by atoms with Crippen LogP contribution in [0.1, 0.15) is 40.5 Å². The van der Waals surface area contributed by atoms with E-state index in [0.717, 1.165) is 18.8 Å². The van der Waals surface area contributed by atoms with Crippen molar-refractivity contribution in [1.82, 2.24) is 4.90 Å². The highest BCUT2D eigenvalue weighted by atomic mass is 79.9. The Labute approximate surface area is 298 Å². The van der Waals surface area contributed by atoms with Gasteiger partial charge in [-0.1, -0.05) is 35.0 Å². The molecule has 49 heavy (non-hydrogen) atoms. The SMILES string of the molecule is C=CCN(C(=O)C1N([C@@H](CC)CO)C(=O)[C@@H]2[C@@H](C(=O)N(CC=C)c3ccc(OCC)cc3)[C@@H]3OC12CC3Br)c1ccc(N(CC)CC)cc1. The Kier molecular flexibility index (Phi) is 11.6. The Morgan fingerprint density at radius 1 is 0.980 bits per heavy atom. The molecule has 0 aliphatic carbocycles. The van der Waals surface area contributed by atoms with Crippen LogP contribution in [0, 0.1) is 11.8 Å². The van der Waals surface area contributed by atoms with Crippen molar-refractivity contribution in [1.29, 1.82) is 0 Å². The molecule has 3 aliphatic heterocycles. The molecule has 264 valence electrons. The zero-order valence-electron chi connectivity index (χ0n) is 29.0. The van der Waals surface area contributed by atoms with E-state index in [0.29, 0.717) is 36.6 Å². The predicted molar refractivity (Wildman–Crippen MR) is 196 cm³/mol. The Bertz CT molecular complexity index is 1510. The van der Waals surface area contributed by atoms with E-state index in [4.69, 9.17) is 9.47 Å². The van der Waals surface area contributed by atoms with Gasteiger partial charge in [0.25, 0.3) is 5.91 Å². The molecule has 3 heterocycles. The number of hydrogen-bond acceptors (Lipinski definition) is 7. The van der Waals surface area contributed by atoms with Gasteiger partial charge < -0.3 is 34.2 Å². The summed E-state index contributed by atoms with van der Waals surface area (Å²) in [5, 5.41) is 10.5. The summed E-state index contributed by atoms with van der Waals surface area (Å²) in [6.07, 6.45) is 3.45. The van der Waals surface area contributed by atoms with Crippen LogP contribution in [-0.2, 0) is 19.1 Å². The maximum absolute atomic E-state index is 15.0. The molecule has 2 aromatic rings. The number of aliphatic hydroxyl groups is 1. The fraction of sp³-hybridized carbons (Fsp3) is 0.500. The number of aliphatic hydroxyl groups excluding tert-OH is 1. The van der Waals surface area contributed by atoms with Crippen molar-refractivity contribution < 1.29 is 29.0 Å². The number of hydrogen-bond donors (Lipinski definition) is 1. The number of ether oxygens (including phenoxy) is 2. The number of rotatable bonds is 16. The van der Waals surface area contributed by atoms with Crippen LogP contribution < -0.4 is 19.4 Å². The average Bonchev–Trinajstić information content (AvgIpc) is 3.71. The second kappa shape index (κ2) is 15.5. The van der Waals surface area contributed by atoms with Gasteiger partial charge in [0.1, 0.15) is 17.4 Å². The summed E-state index contributed by atoms with van der Waals surface area (Å²) in [4.78, 5) is 51.1. The highest BCUT2D eigenvalue weighted by Gasteiger charge is 2.77. The fourth-order valence-corrected chi connectivity index (χ4v) is 8.93. The first-order chi connectivity index (χ1) is 23.7. The number of alkyl halides is 1. The largest absolute Gasteiger partial charge is 0.494 e. The van der Waals surface area contributed by atoms with E-state index in [2.05, 4.69) is 47.8 Å². The van der Waals surface area contributed by atoms with Crippen LogP contribution in [0.5, 0.6) is 5.75 Å². The van der Waals surface area contributed by atoms with Crippen molar-refractivity contribution in [3.63, 3.8) is 0 Å². The normalized spacial score (nSPS) is 25.9. The molecule has 2 aromatic carbocycles. The molecule has 10 nitrogen and oxygen atoms in total. The summed E-state index contributed by atoms with van der Waals surface area (Å²) in [5.74, 6) is -2.06. The second-order valence-electron chi connectivity index (χ2n) is 12.7. The van der Waals surface area contributed by atoms with E-state index >= 15 is 0 Å². The first kappa shape index (κ1) is 36.6. The van der Waals surface area contributed by atoms with Crippen molar-refractivity contribution in [3.05, 3.63) is 73.8 Å². The van der Waals surface area contributed by atoms with Crippen molar-refractivity contribution in [2.24, 2.45) is 11.8 Å². The van der Waals surface area contributed by atoms with Gasteiger partial charge in [0.2, 0.25) is 11.8 Å². The Morgan fingerprint density at radius 2 is 1.53 bits per heavy atom. The summed E-state index contributed by atoms with van der Waals surface area (Å²) >= 11 is 3.78. The third kappa shape index (κ3) is 6.41. The van der Waals surface area contributed by atoms with Crippen molar-refractivity contribution in [3.8, 4) is 5.75 Å². The lowest BCUT2D eigenvalue weighted by atomic mass is 9.70. The molecule has 0 radical (unpaired) electrons. The van der Waals surface area contributed by atoms with E-state index in [1.54, 1.807) is 34.1 Å². The van der Waals surface area contributed by atoms with Gasteiger partial charge in [-0.3, -0.25) is 14.4 Å². The third-order valence-corrected chi connectivity index (χ3v) is 11.1. The van der Waals surface area contributed by atoms with E-state index in [1.807, 2.05) is 50.2 Å². The van der Waals surface area contributed by atoms with Gasteiger partial charge in [-0.2, -0.15) is 0 Å². The molecule has 0 saturated carbocycles. The van der Waals surface area contributed by atoms with E-state index in [-0.39, 0.29) is 42.2 Å². The maximum Gasteiger partial charge on any atom is 0.253 e. The van der Waals surface area contributed by atoms with Gasteiger partial charge in [-0.25, -0.2) is 0 Å². The average molecular weight is 738 g/mol. The molecule has 11 heteroatoms. The maximum atomic E-state index is 15.0. The third-order valence-electron chi connectivity index (χ3n) is 10.2. The topological polar surface area (TPSA) is 103 Å². The lowest BCUT2D eigenvalue weighted by Crippen LogP contribution is -2.59. The van der Waals surface area contributed by atoms with Crippen LogP contribution in [0.25, 0.3) is 0 Å². The summed E-state index contributed by atoms with van der Waals surface area (Å²) < 4.78 is 12.4. The molecule has 3 fully saturated rings. The number of likely N-dealkylation sites (tertiary alicyclic amines) is 1. The minimum absolute atomic E-state index is 0.201. The highest BCUT2D eigenvalue weighted by Crippen LogP contribution is 2.61. The zero-order chi connectivity index (χ0) is 35.5. The molecule has 3 saturated heterocycles. The van der Waals surface area contributed by atoms with Crippen molar-refractivity contribution in [2.75, 3.05) is 54.1 Å². The number of nitrogens with zero attached hydrogens (tertiary/aromatic N) is 4. The number of benzene rings is 2. The van der Waals surface area contributed by atoms with Gasteiger partial charge in [-0.05, 0) is 82.1 Å². The molecule has 0 aromatic heterocycles. The number of fused-ring (bicyclic) bond motifs is 1. The van der Waals surface area contributed by atoms with Crippen LogP contribution >= 0.6 is 15.9 Å². The van der Waals surface area contributed by atoms with Gasteiger partial charge in [0.05, 0.1) is 37.2 Å². The summed E-state index contributed by atoms with van der Waals surface area (Å²) in [6.45, 7) is 18.1. The molecule has 3 unspecified atom stereocenters. The summed E-state index contributed by atoms with van der Waals surface area (Å²) in [7, 11) is 0. The van der Waals surface area contributed by atoms with Gasteiger partial charge >= 0.3 is 0 Å². The minimum Gasteiger partial charge on any atom is -0.494 e. The molecule has 3 amide bonds. The Balaban J connectivity index is 1.57. The standard InChI is InChI=1S/C38H49BrN4O6/c1-7-21-41(28-17-19-29(20-18-28)48-12-6)35(45)31-32-36(46)43(25(9-3)24-44)34(38(32)23-30(39)33(31)49-38)37(47)42(22-8-2)27-15-13-26(14-16-27)40(10-4)11-5/h7-8,13-20,25,30-34,44H,1-2,9-12,21-24H2,3-6H3/t25-,30?,31+,32-,33+,34?,38?/m0/s1. The van der Waals surface area contributed by atoms with Crippen LogP contribution in [0.2, 0.25) is 0 Å². The number of halogens is 1. The van der Waals surface area contributed by atoms with E-state index in [1.165, 1.54) is 4.90 Å². The van der Waals surface area contributed by atoms with Crippen LogP contribution in [0.4, 0.5) is 17.1 Å². The molecular formula is C38H49BrN4O6. The van der Waals surface area contributed by atoms with Crippen LogP contribution in [0.15, 0.2) is 73.8 Å². The van der Waals surface area contributed by atoms with Crippen molar-refractivity contribution >= 4 is 50.7 Å². The lowest BCUT2D eigenvalue weighted by molar-refractivity contribution is -0.144.